The highest BCUT2D eigenvalue weighted by Gasteiger charge is 2.56. The molecule has 7 nitrogen and oxygen atoms in total. The molecule has 0 saturated carbocycles. The number of aromatic hydroxyl groups is 1. The van der Waals surface area contributed by atoms with Crippen LogP contribution in [-0.2, 0) is 16.1 Å². The zero-order valence-electron chi connectivity index (χ0n) is 26.2. The van der Waals surface area contributed by atoms with Gasteiger partial charge < -0.3 is 15.3 Å². The topological polar surface area (TPSA) is 101 Å². The highest BCUT2D eigenvalue weighted by atomic mass is 16.3. The van der Waals surface area contributed by atoms with Gasteiger partial charge in [0.05, 0.1) is 24.5 Å². The fourth-order valence-electron chi connectivity index (χ4n) is 7.76. The van der Waals surface area contributed by atoms with Gasteiger partial charge in [0.1, 0.15) is 5.75 Å². The first-order valence-corrected chi connectivity index (χ1v) is 16.5. The summed E-state index contributed by atoms with van der Waals surface area (Å²) in [6, 6.07) is 17.5. The smallest absolute Gasteiger partial charge is 0.234 e. The van der Waals surface area contributed by atoms with E-state index in [1.807, 2.05) is 43.3 Å². The SMILES string of the molecule is CCC/C(=C\c1ccccc1O)CC[C@@H](O)C1=C(CC)C[C@H]2C(=O)N(C3CCN(Cc4ccccc4)CC3)C(=O)[C@H]2[C@H]1CO. The molecular weight excluding hydrogens is 552 g/mol. The average Bonchev–Trinajstić information content (AvgIpc) is 3.29. The van der Waals surface area contributed by atoms with Crippen LogP contribution in [0.3, 0.4) is 0 Å². The summed E-state index contributed by atoms with van der Waals surface area (Å²) in [7, 11) is 0. The molecule has 0 unspecified atom stereocenters. The predicted octanol–water partition coefficient (Wildman–Crippen LogP) is 5.70. The van der Waals surface area contributed by atoms with Crippen molar-refractivity contribution in [1.82, 2.24) is 9.80 Å². The molecule has 2 heterocycles. The summed E-state index contributed by atoms with van der Waals surface area (Å²) in [5, 5.41) is 32.5. The van der Waals surface area contributed by atoms with E-state index in [2.05, 4.69) is 24.0 Å². The van der Waals surface area contributed by atoms with E-state index in [1.165, 1.54) is 10.5 Å². The summed E-state index contributed by atoms with van der Waals surface area (Å²) < 4.78 is 0. The van der Waals surface area contributed by atoms with E-state index in [0.717, 1.165) is 67.6 Å². The number of nitrogens with zero attached hydrogens (tertiary/aromatic N) is 2. The monoisotopic (exact) mass is 600 g/mol. The van der Waals surface area contributed by atoms with Crippen LogP contribution in [0.1, 0.15) is 76.3 Å². The van der Waals surface area contributed by atoms with E-state index < -0.39 is 23.9 Å². The molecule has 0 aromatic heterocycles. The number of allylic oxidation sites excluding steroid dienone is 2. The molecule has 2 aromatic rings. The number of benzene rings is 2. The van der Waals surface area contributed by atoms with Gasteiger partial charge in [0, 0.05) is 37.2 Å². The van der Waals surface area contributed by atoms with Crippen LogP contribution >= 0.6 is 0 Å². The van der Waals surface area contributed by atoms with Gasteiger partial charge in [-0.15, -0.1) is 0 Å². The Morgan fingerprint density at radius 2 is 1.68 bits per heavy atom. The first-order chi connectivity index (χ1) is 21.4. The fraction of sp³-hybridized carbons (Fsp3) is 0.514. The lowest BCUT2D eigenvalue weighted by Crippen LogP contribution is -2.47. The number of aliphatic hydroxyl groups is 2. The Balaban J connectivity index is 1.28. The highest BCUT2D eigenvalue weighted by molar-refractivity contribution is 6.06. The van der Waals surface area contributed by atoms with E-state index in [0.29, 0.717) is 25.7 Å². The number of piperidine rings is 1. The van der Waals surface area contributed by atoms with E-state index in [4.69, 9.17) is 0 Å². The number of likely N-dealkylation sites (tertiary alicyclic amines) is 2. The first-order valence-electron chi connectivity index (χ1n) is 16.5. The van der Waals surface area contributed by atoms with Gasteiger partial charge in [-0.2, -0.15) is 0 Å². The zero-order chi connectivity index (χ0) is 31.2. The van der Waals surface area contributed by atoms with Crippen molar-refractivity contribution in [1.29, 1.82) is 0 Å². The molecular formula is C37H48N2O5. The van der Waals surface area contributed by atoms with Gasteiger partial charge in [0.15, 0.2) is 0 Å². The molecule has 3 aliphatic rings. The van der Waals surface area contributed by atoms with E-state index in [9.17, 15) is 24.9 Å². The molecule has 236 valence electrons. The molecule has 4 atom stereocenters. The maximum absolute atomic E-state index is 14.0. The quantitative estimate of drug-likeness (QED) is 0.213. The normalized spacial score (nSPS) is 24.2. The van der Waals surface area contributed by atoms with Crippen LogP contribution in [0, 0.1) is 17.8 Å². The predicted molar refractivity (Wildman–Crippen MR) is 172 cm³/mol. The second kappa shape index (κ2) is 14.7. The van der Waals surface area contributed by atoms with Crippen molar-refractivity contribution in [2.24, 2.45) is 17.8 Å². The van der Waals surface area contributed by atoms with Crippen LogP contribution < -0.4 is 0 Å². The third-order valence-electron chi connectivity index (χ3n) is 9.98. The minimum Gasteiger partial charge on any atom is -0.507 e. The van der Waals surface area contributed by atoms with Gasteiger partial charge in [-0.1, -0.05) is 86.0 Å². The Morgan fingerprint density at radius 1 is 0.977 bits per heavy atom. The number of carbonyl (C=O) groups excluding carboxylic acids is 2. The molecule has 2 fully saturated rings. The number of amides is 2. The lowest BCUT2D eigenvalue weighted by atomic mass is 9.67. The Morgan fingerprint density at radius 3 is 2.34 bits per heavy atom. The third kappa shape index (κ3) is 6.85. The molecule has 0 radical (unpaired) electrons. The van der Waals surface area contributed by atoms with Crippen molar-refractivity contribution in [2.75, 3.05) is 19.7 Å². The molecule has 3 N–H and O–H groups in total. The number of imide groups is 1. The van der Waals surface area contributed by atoms with Crippen molar-refractivity contribution in [3.05, 3.63) is 82.4 Å². The van der Waals surface area contributed by atoms with Crippen LogP contribution in [0.5, 0.6) is 5.75 Å². The number of phenols is 1. The highest BCUT2D eigenvalue weighted by Crippen LogP contribution is 2.48. The molecule has 2 amide bonds. The number of rotatable bonds is 12. The lowest BCUT2D eigenvalue weighted by molar-refractivity contribution is -0.144. The summed E-state index contributed by atoms with van der Waals surface area (Å²) in [5.41, 5.74) is 4.91. The number of para-hydroxylation sites is 1. The summed E-state index contributed by atoms with van der Waals surface area (Å²) in [6.07, 6.45) is 6.71. The van der Waals surface area contributed by atoms with Gasteiger partial charge in [-0.3, -0.25) is 19.4 Å². The fourth-order valence-corrected chi connectivity index (χ4v) is 7.76. The van der Waals surface area contributed by atoms with E-state index in [-0.39, 0.29) is 30.2 Å². The summed E-state index contributed by atoms with van der Waals surface area (Å²) in [6.45, 7) is 6.38. The van der Waals surface area contributed by atoms with Gasteiger partial charge in [0.25, 0.3) is 0 Å². The largest absolute Gasteiger partial charge is 0.507 e. The van der Waals surface area contributed by atoms with Gasteiger partial charge in [-0.05, 0) is 62.1 Å². The molecule has 2 aliphatic heterocycles. The van der Waals surface area contributed by atoms with Crippen molar-refractivity contribution in [3.8, 4) is 5.75 Å². The minimum absolute atomic E-state index is 0.102. The Kier molecular flexibility index (Phi) is 10.7. The summed E-state index contributed by atoms with van der Waals surface area (Å²) >= 11 is 0. The maximum Gasteiger partial charge on any atom is 0.234 e. The molecule has 2 saturated heterocycles. The molecule has 1 aliphatic carbocycles. The lowest BCUT2D eigenvalue weighted by Gasteiger charge is -2.37. The van der Waals surface area contributed by atoms with Crippen LogP contribution in [0.4, 0.5) is 0 Å². The molecule has 5 rings (SSSR count). The second-order valence-corrected chi connectivity index (χ2v) is 12.7. The Labute approximate surface area is 261 Å². The number of hydrogen-bond donors (Lipinski definition) is 3. The number of fused-ring (bicyclic) bond motifs is 1. The molecule has 2 aromatic carbocycles. The van der Waals surface area contributed by atoms with Crippen molar-refractivity contribution in [2.45, 2.75) is 83.9 Å². The van der Waals surface area contributed by atoms with Gasteiger partial charge in [-0.25, -0.2) is 0 Å². The number of aliphatic hydroxyl groups excluding tert-OH is 2. The van der Waals surface area contributed by atoms with Gasteiger partial charge in [0.2, 0.25) is 11.8 Å². The summed E-state index contributed by atoms with van der Waals surface area (Å²) in [5.74, 6) is -1.70. The van der Waals surface area contributed by atoms with E-state index in [1.54, 1.807) is 12.1 Å². The molecule has 0 spiro atoms. The summed E-state index contributed by atoms with van der Waals surface area (Å²) in [4.78, 5) is 31.7. The Bertz CT molecular complexity index is 1360. The molecule has 0 bridgehead atoms. The second-order valence-electron chi connectivity index (χ2n) is 12.7. The van der Waals surface area contributed by atoms with Crippen LogP contribution in [0.25, 0.3) is 6.08 Å². The number of hydrogen-bond acceptors (Lipinski definition) is 6. The zero-order valence-corrected chi connectivity index (χ0v) is 26.2. The Hall–Kier alpha value is -3.26. The molecule has 44 heavy (non-hydrogen) atoms. The maximum atomic E-state index is 14.0. The average molecular weight is 601 g/mol. The van der Waals surface area contributed by atoms with Gasteiger partial charge >= 0.3 is 0 Å². The first kappa shape index (κ1) is 32.1. The van der Waals surface area contributed by atoms with Crippen molar-refractivity contribution in [3.63, 3.8) is 0 Å². The minimum atomic E-state index is -0.814. The number of phenolic OH excluding ortho intramolecular Hbond substituents is 1. The third-order valence-corrected chi connectivity index (χ3v) is 9.98. The number of carbonyl (C=O) groups is 2. The molecule has 7 heteroatoms. The van der Waals surface area contributed by atoms with Crippen LogP contribution in [0.2, 0.25) is 0 Å². The van der Waals surface area contributed by atoms with Crippen LogP contribution in [0.15, 0.2) is 71.3 Å². The van der Waals surface area contributed by atoms with Crippen LogP contribution in [-0.4, -0.2) is 68.8 Å². The standard InChI is InChI=1S/C37H48N2O5/c1-3-10-25(21-28-13-8-9-14-32(28)41)15-16-33(42)34-27(4-2)22-30-35(31(34)24-40)37(44)39(36(30)43)29-17-19-38(20-18-29)23-26-11-6-5-7-12-26/h5-9,11-14,21,29-31,33,35,40-42H,3-4,10,15-20,22-24H2,1-2H3/b25-21+/t30-,31+,33-,35-/m1/s1. The van der Waals surface area contributed by atoms with Crippen molar-refractivity contribution < 1.29 is 24.9 Å². The van der Waals surface area contributed by atoms with Crippen molar-refractivity contribution >= 4 is 17.9 Å². The van der Waals surface area contributed by atoms with E-state index >= 15 is 0 Å².